The number of ether oxygens (including phenoxy) is 2. The maximum atomic E-state index is 12.0. The Morgan fingerprint density at radius 3 is 1.83 bits per heavy atom. The highest BCUT2D eigenvalue weighted by Gasteiger charge is 2.30. The summed E-state index contributed by atoms with van der Waals surface area (Å²) in [5, 5.41) is 2.25. The van der Waals surface area contributed by atoms with Crippen LogP contribution < -0.4 is 5.32 Å². The maximum Gasteiger partial charge on any atom is 0.408 e. The molecule has 0 aliphatic carbocycles. The second-order valence-electron chi connectivity index (χ2n) is 5.53. The molecule has 0 bridgehead atoms. The normalized spacial score (nSPS) is 14.0. The SMILES string of the molecule is C[Si](C)(C)OC[C@@H](NC(=O)OCC(Cl)(Cl)Cl)C(=O)OCC(Cl)(Cl)Cl. The second-order valence-corrected chi connectivity index (χ2v) is 15.1. The molecular formula is C11H17Cl6NO5Si. The molecule has 13 heteroatoms. The van der Waals surface area contributed by atoms with Gasteiger partial charge in [-0.3, -0.25) is 0 Å². The molecule has 1 amide bonds. The van der Waals surface area contributed by atoms with E-state index in [1.165, 1.54) is 0 Å². The van der Waals surface area contributed by atoms with Crippen LogP contribution >= 0.6 is 69.6 Å². The molecule has 0 fully saturated rings. The molecule has 6 nitrogen and oxygen atoms in total. The van der Waals surface area contributed by atoms with E-state index < -0.39 is 47.2 Å². The molecule has 0 radical (unpaired) electrons. The zero-order valence-corrected chi connectivity index (χ0v) is 18.5. The van der Waals surface area contributed by atoms with E-state index in [9.17, 15) is 9.59 Å². The van der Waals surface area contributed by atoms with Gasteiger partial charge in [0.25, 0.3) is 0 Å². The highest BCUT2D eigenvalue weighted by molar-refractivity contribution is 6.69. The van der Waals surface area contributed by atoms with Gasteiger partial charge in [-0.05, 0) is 19.6 Å². The summed E-state index contributed by atoms with van der Waals surface area (Å²) >= 11 is 32.9. The number of halogens is 6. The monoisotopic (exact) mass is 481 g/mol. The van der Waals surface area contributed by atoms with Gasteiger partial charge in [0.05, 0.1) is 6.61 Å². The molecule has 0 saturated heterocycles. The fourth-order valence-corrected chi connectivity index (χ4v) is 2.08. The number of carbonyl (C=O) groups is 2. The van der Waals surface area contributed by atoms with Crippen LogP contribution in [0.15, 0.2) is 0 Å². The van der Waals surface area contributed by atoms with Gasteiger partial charge in [0, 0.05) is 0 Å². The van der Waals surface area contributed by atoms with Crippen molar-refractivity contribution >= 4 is 90.0 Å². The van der Waals surface area contributed by atoms with E-state index in [2.05, 4.69) is 10.1 Å². The predicted octanol–water partition coefficient (Wildman–Crippen LogP) is 4.22. The average molecular weight is 484 g/mol. The highest BCUT2D eigenvalue weighted by Crippen LogP contribution is 2.26. The lowest BCUT2D eigenvalue weighted by Gasteiger charge is -2.23. The highest BCUT2D eigenvalue weighted by atomic mass is 35.6. The third-order valence-corrected chi connectivity index (χ3v) is 3.69. The Hall–Kier alpha value is 0.657. The third kappa shape index (κ3) is 15.0. The van der Waals surface area contributed by atoms with Crippen LogP contribution in [0.2, 0.25) is 19.6 Å². The first-order valence-electron chi connectivity index (χ1n) is 6.46. The van der Waals surface area contributed by atoms with Crippen LogP contribution in [0.1, 0.15) is 0 Å². The molecule has 0 unspecified atom stereocenters. The van der Waals surface area contributed by atoms with Crippen LogP contribution in [-0.4, -0.2) is 53.8 Å². The lowest BCUT2D eigenvalue weighted by molar-refractivity contribution is -0.146. The van der Waals surface area contributed by atoms with E-state index in [-0.39, 0.29) is 6.61 Å². The Morgan fingerprint density at radius 2 is 1.42 bits per heavy atom. The van der Waals surface area contributed by atoms with Gasteiger partial charge in [-0.25, -0.2) is 9.59 Å². The van der Waals surface area contributed by atoms with Gasteiger partial charge >= 0.3 is 12.1 Å². The predicted molar refractivity (Wildman–Crippen MR) is 99.1 cm³/mol. The fourth-order valence-electron chi connectivity index (χ4n) is 1.09. The van der Waals surface area contributed by atoms with Gasteiger partial charge in [-0.2, -0.15) is 0 Å². The molecule has 0 aliphatic heterocycles. The van der Waals surface area contributed by atoms with Crippen molar-refractivity contribution in [2.24, 2.45) is 0 Å². The van der Waals surface area contributed by atoms with E-state index in [0.29, 0.717) is 0 Å². The zero-order chi connectivity index (χ0) is 19.2. The van der Waals surface area contributed by atoms with Crippen molar-refractivity contribution in [3.63, 3.8) is 0 Å². The first-order chi connectivity index (χ1) is 10.6. The van der Waals surface area contributed by atoms with E-state index in [4.69, 9.17) is 78.8 Å². The Morgan fingerprint density at radius 1 is 0.958 bits per heavy atom. The topological polar surface area (TPSA) is 73.9 Å². The third-order valence-electron chi connectivity index (χ3n) is 2.00. The number of carbonyl (C=O) groups excluding carboxylic acids is 2. The Bertz CT molecular complexity index is 434. The molecule has 1 N–H and O–H groups in total. The van der Waals surface area contributed by atoms with E-state index in [0.717, 1.165) is 0 Å². The molecule has 0 aromatic rings. The van der Waals surface area contributed by atoms with Crippen LogP contribution in [-0.2, 0) is 18.7 Å². The molecule has 142 valence electrons. The van der Waals surface area contributed by atoms with Crippen molar-refractivity contribution in [3.05, 3.63) is 0 Å². The number of rotatable bonds is 7. The largest absolute Gasteiger partial charge is 0.460 e. The molecule has 0 aliphatic rings. The van der Waals surface area contributed by atoms with Crippen molar-refractivity contribution < 1.29 is 23.5 Å². The molecule has 0 rings (SSSR count). The lowest BCUT2D eigenvalue weighted by atomic mass is 10.3. The molecule has 24 heavy (non-hydrogen) atoms. The van der Waals surface area contributed by atoms with Crippen LogP contribution in [0.5, 0.6) is 0 Å². The summed E-state index contributed by atoms with van der Waals surface area (Å²) in [6.07, 6.45) is -0.990. The average Bonchev–Trinajstić information content (AvgIpc) is 2.35. The van der Waals surface area contributed by atoms with E-state index >= 15 is 0 Å². The van der Waals surface area contributed by atoms with Crippen LogP contribution in [0.3, 0.4) is 0 Å². The summed E-state index contributed by atoms with van der Waals surface area (Å²) in [7, 11) is -1.97. The smallest absolute Gasteiger partial charge is 0.408 e. The van der Waals surface area contributed by atoms with Crippen LogP contribution in [0, 0.1) is 0 Å². The quantitative estimate of drug-likeness (QED) is 0.333. The summed E-state index contributed by atoms with van der Waals surface area (Å²) < 4.78 is 11.5. The molecule has 1 atom stereocenters. The number of alkyl carbamates (subject to hydrolysis) is 1. The van der Waals surface area contributed by atoms with Gasteiger partial charge in [0.2, 0.25) is 7.59 Å². The second kappa shape index (κ2) is 10.1. The Labute approximate surface area is 171 Å². The number of esters is 1. The fraction of sp³-hybridized carbons (Fsp3) is 0.818. The molecular weight excluding hydrogens is 467 g/mol. The maximum absolute atomic E-state index is 12.0. The Kier molecular flexibility index (Phi) is 10.4. The molecule has 0 saturated carbocycles. The minimum absolute atomic E-state index is 0.142. The summed E-state index contributed by atoms with van der Waals surface area (Å²) in [5.41, 5.74) is 0. The summed E-state index contributed by atoms with van der Waals surface area (Å²) in [4.78, 5) is 23.7. The van der Waals surface area contributed by atoms with Crippen molar-refractivity contribution in [1.29, 1.82) is 0 Å². The number of nitrogens with one attached hydrogen (secondary N) is 1. The van der Waals surface area contributed by atoms with Crippen LogP contribution in [0.25, 0.3) is 0 Å². The minimum Gasteiger partial charge on any atom is -0.460 e. The number of hydrogen-bond donors (Lipinski definition) is 1. The summed E-state index contributed by atoms with van der Waals surface area (Å²) in [6, 6.07) is -1.17. The number of hydrogen-bond acceptors (Lipinski definition) is 5. The standard InChI is InChI=1S/C11H17Cl6NO5Si/c1-24(2,3)23-4-7(8(19)21-5-10(12,13)14)18-9(20)22-6-11(15,16)17/h7H,4-6H2,1-3H3,(H,18,20)/t7-/m1/s1. The summed E-state index contributed by atoms with van der Waals surface area (Å²) in [5.74, 6) is -0.856. The minimum atomic E-state index is -1.97. The molecule has 0 heterocycles. The summed E-state index contributed by atoms with van der Waals surface area (Å²) in [6.45, 7) is 4.56. The molecule has 0 aromatic heterocycles. The van der Waals surface area contributed by atoms with Gasteiger partial charge in [0.15, 0.2) is 14.4 Å². The van der Waals surface area contributed by atoms with Gasteiger partial charge in [-0.15, -0.1) is 0 Å². The van der Waals surface area contributed by atoms with Crippen molar-refractivity contribution in [1.82, 2.24) is 5.32 Å². The van der Waals surface area contributed by atoms with E-state index in [1.807, 2.05) is 19.6 Å². The molecule has 0 spiro atoms. The number of amides is 1. The van der Waals surface area contributed by atoms with Gasteiger partial charge in [-0.1, -0.05) is 69.6 Å². The van der Waals surface area contributed by atoms with Crippen molar-refractivity contribution in [2.75, 3.05) is 19.8 Å². The first-order valence-corrected chi connectivity index (χ1v) is 12.1. The van der Waals surface area contributed by atoms with Crippen molar-refractivity contribution in [3.8, 4) is 0 Å². The van der Waals surface area contributed by atoms with Crippen molar-refractivity contribution in [2.45, 2.75) is 33.3 Å². The number of alkyl halides is 6. The van der Waals surface area contributed by atoms with Gasteiger partial charge in [0.1, 0.15) is 13.2 Å². The van der Waals surface area contributed by atoms with Gasteiger partial charge < -0.3 is 19.2 Å². The van der Waals surface area contributed by atoms with Crippen LogP contribution in [0.4, 0.5) is 4.79 Å². The molecule has 0 aromatic carbocycles. The first kappa shape index (κ1) is 24.7. The zero-order valence-electron chi connectivity index (χ0n) is 13.0. The lowest BCUT2D eigenvalue weighted by Crippen LogP contribution is -2.48. The van der Waals surface area contributed by atoms with E-state index in [1.54, 1.807) is 0 Å². The Balaban J connectivity index is 4.73.